The van der Waals surface area contributed by atoms with Gasteiger partial charge in [0.1, 0.15) is 11.5 Å². The largest absolute Gasteiger partial charge is 0.364 e. The van der Waals surface area contributed by atoms with Gasteiger partial charge in [0.25, 0.3) is 0 Å². The van der Waals surface area contributed by atoms with Crippen LogP contribution in [0.25, 0.3) is 0 Å². The van der Waals surface area contributed by atoms with Gasteiger partial charge in [-0.3, -0.25) is 9.98 Å². The molecule has 1 saturated carbocycles. The second-order valence-corrected chi connectivity index (χ2v) is 4.30. The Morgan fingerprint density at radius 2 is 2.13 bits per heavy atom. The van der Waals surface area contributed by atoms with E-state index in [1.165, 1.54) is 25.7 Å². The topological polar surface area (TPSA) is 37.3 Å². The minimum atomic E-state index is 0.496. The van der Waals surface area contributed by atoms with Gasteiger partial charge in [0, 0.05) is 6.20 Å². The molecule has 1 N–H and O–H groups in total. The maximum atomic E-state index is 4.72. The van der Waals surface area contributed by atoms with Crippen LogP contribution in [-0.2, 0) is 0 Å². The zero-order chi connectivity index (χ0) is 10.1. The van der Waals surface area contributed by atoms with Crippen molar-refractivity contribution >= 4 is 5.84 Å². The van der Waals surface area contributed by atoms with Crippen molar-refractivity contribution in [2.45, 2.75) is 37.8 Å². The average molecular weight is 201 g/mol. The summed E-state index contributed by atoms with van der Waals surface area (Å²) in [6.45, 7) is 0. The van der Waals surface area contributed by atoms with Gasteiger partial charge in [-0.25, -0.2) is 0 Å². The van der Waals surface area contributed by atoms with Crippen molar-refractivity contribution < 1.29 is 0 Å². The summed E-state index contributed by atoms with van der Waals surface area (Å²) in [5, 5.41) is 3.50. The number of aliphatic imine (C=N–C) groups is 1. The van der Waals surface area contributed by atoms with Crippen molar-refractivity contribution in [3.8, 4) is 0 Å². The van der Waals surface area contributed by atoms with Crippen molar-refractivity contribution in [3.63, 3.8) is 0 Å². The molecule has 1 aliphatic carbocycles. The van der Waals surface area contributed by atoms with Crippen LogP contribution in [0.1, 0.15) is 31.4 Å². The highest BCUT2D eigenvalue weighted by atomic mass is 15.1. The lowest BCUT2D eigenvalue weighted by Crippen LogP contribution is -2.37. The van der Waals surface area contributed by atoms with Gasteiger partial charge in [-0.1, -0.05) is 18.9 Å². The van der Waals surface area contributed by atoms with Crippen LogP contribution in [0.3, 0.4) is 0 Å². The van der Waals surface area contributed by atoms with E-state index < -0.39 is 0 Å². The number of hydrogen-bond acceptors (Lipinski definition) is 3. The fraction of sp³-hybridized carbons (Fsp3) is 0.500. The van der Waals surface area contributed by atoms with E-state index in [1.54, 1.807) is 0 Å². The minimum Gasteiger partial charge on any atom is -0.364 e. The lowest BCUT2D eigenvalue weighted by Gasteiger charge is -2.23. The molecule has 3 nitrogen and oxygen atoms in total. The van der Waals surface area contributed by atoms with E-state index in [9.17, 15) is 0 Å². The quantitative estimate of drug-likeness (QED) is 0.751. The molecule has 15 heavy (non-hydrogen) atoms. The second-order valence-electron chi connectivity index (χ2n) is 4.30. The molecule has 2 aliphatic rings. The number of pyridine rings is 1. The number of amidine groups is 1. The third kappa shape index (κ3) is 1.62. The van der Waals surface area contributed by atoms with Crippen molar-refractivity contribution in [2.24, 2.45) is 4.99 Å². The molecule has 1 aliphatic heterocycles. The summed E-state index contributed by atoms with van der Waals surface area (Å²) in [4.78, 5) is 9.05. The molecule has 0 amide bonds. The minimum absolute atomic E-state index is 0.496. The molecule has 0 saturated heterocycles. The van der Waals surface area contributed by atoms with Gasteiger partial charge in [-0.05, 0) is 25.0 Å². The molecule has 1 aromatic rings. The third-order valence-corrected chi connectivity index (χ3v) is 3.25. The van der Waals surface area contributed by atoms with Crippen LogP contribution in [0, 0.1) is 0 Å². The van der Waals surface area contributed by atoms with Crippen LogP contribution in [0.2, 0.25) is 0 Å². The number of rotatable bonds is 1. The molecular formula is C12H15N3. The third-order valence-electron chi connectivity index (χ3n) is 3.25. The first-order valence-electron chi connectivity index (χ1n) is 5.69. The highest BCUT2D eigenvalue weighted by Crippen LogP contribution is 2.25. The van der Waals surface area contributed by atoms with Crippen LogP contribution < -0.4 is 5.32 Å². The Kier molecular flexibility index (Phi) is 2.16. The molecule has 3 heteroatoms. The van der Waals surface area contributed by atoms with Gasteiger partial charge in [-0.2, -0.15) is 0 Å². The van der Waals surface area contributed by atoms with E-state index in [0.717, 1.165) is 11.5 Å². The van der Waals surface area contributed by atoms with Crippen molar-refractivity contribution in [2.75, 3.05) is 0 Å². The van der Waals surface area contributed by atoms with Crippen molar-refractivity contribution in [3.05, 3.63) is 30.1 Å². The van der Waals surface area contributed by atoms with Gasteiger partial charge in [-0.15, -0.1) is 0 Å². The Labute approximate surface area is 89.6 Å². The fourth-order valence-corrected chi connectivity index (χ4v) is 2.46. The fourth-order valence-electron chi connectivity index (χ4n) is 2.46. The van der Waals surface area contributed by atoms with E-state index in [0.29, 0.717) is 12.1 Å². The Morgan fingerprint density at radius 1 is 1.20 bits per heavy atom. The summed E-state index contributed by atoms with van der Waals surface area (Å²) >= 11 is 0. The molecule has 2 atom stereocenters. The first-order valence-corrected chi connectivity index (χ1v) is 5.69. The standard InChI is InChI=1S/C12H15N3/c1-2-6-10-9(5-1)14-12(15-10)11-7-3-4-8-13-11/h3-4,7-10H,1-2,5-6H2,(H,14,15)/t9-,10-/m1/s1. The van der Waals surface area contributed by atoms with E-state index >= 15 is 0 Å². The molecule has 0 aromatic carbocycles. The first kappa shape index (κ1) is 8.89. The number of nitrogens with zero attached hydrogens (tertiary/aromatic N) is 2. The van der Waals surface area contributed by atoms with Gasteiger partial charge in [0.2, 0.25) is 0 Å². The smallest absolute Gasteiger partial charge is 0.147 e. The summed E-state index contributed by atoms with van der Waals surface area (Å²) in [5.41, 5.74) is 0.979. The molecule has 1 fully saturated rings. The number of aromatic nitrogens is 1. The predicted octanol–water partition coefficient (Wildman–Crippen LogP) is 1.74. The molecule has 0 radical (unpaired) electrons. The molecule has 0 unspecified atom stereocenters. The Bertz CT molecular complexity index is 372. The van der Waals surface area contributed by atoms with E-state index in [2.05, 4.69) is 10.3 Å². The van der Waals surface area contributed by atoms with Crippen LogP contribution >= 0.6 is 0 Å². The van der Waals surface area contributed by atoms with Crippen molar-refractivity contribution in [1.29, 1.82) is 0 Å². The van der Waals surface area contributed by atoms with E-state index in [4.69, 9.17) is 4.99 Å². The second kappa shape index (κ2) is 3.65. The summed E-state index contributed by atoms with van der Waals surface area (Å²) < 4.78 is 0. The lowest BCUT2D eigenvalue weighted by atomic mass is 9.92. The van der Waals surface area contributed by atoms with Crippen LogP contribution in [-0.4, -0.2) is 22.9 Å². The lowest BCUT2D eigenvalue weighted by molar-refractivity contribution is 0.384. The zero-order valence-corrected chi connectivity index (χ0v) is 8.69. The summed E-state index contributed by atoms with van der Waals surface area (Å²) in [6, 6.07) is 7.02. The predicted molar refractivity (Wildman–Crippen MR) is 60.0 cm³/mol. The van der Waals surface area contributed by atoms with E-state index in [-0.39, 0.29) is 0 Å². The van der Waals surface area contributed by atoms with Crippen LogP contribution in [0.15, 0.2) is 29.4 Å². The van der Waals surface area contributed by atoms with Gasteiger partial charge in [0.15, 0.2) is 0 Å². The summed E-state index contributed by atoms with van der Waals surface area (Å²) in [6.07, 6.45) is 6.96. The maximum absolute atomic E-state index is 4.72. The molecule has 3 rings (SSSR count). The molecule has 78 valence electrons. The van der Waals surface area contributed by atoms with Gasteiger partial charge in [0.05, 0.1) is 12.1 Å². The number of nitrogens with one attached hydrogen (secondary N) is 1. The Hall–Kier alpha value is -1.38. The van der Waals surface area contributed by atoms with E-state index in [1.807, 2.05) is 24.4 Å². The highest BCUT2D eigenvalue weighted by molar-refractivity contribution is 5.98. The molecule has 0 spiro atoms. The SMILES string of the molecule is c1ccc(C2=N[C@@H]3CCCC[C@H]3N2)nc1. The normalized spacial score (nSPS) is 29.2. The highest BCUT2D eigenvalue weighted by Gasteiger charge is 2.31. The number of hydrogen-bond donors (Lipinski definition) is 1. The van der Waals surface area contributed by atoms with Gasteiger partial charge < -0.3 is 5.32 Å². The van der Waals surface area contributed by atoms with Gasteiger partial charge >= 0.3 is 0 Å². The Balaban J connectivity index is 1.84. The molecular weight excluding hydrogens is 186 g/mol. The molecule has 1 aromatic heterocycles. The summed E-state index contributed by atoms with van der Waals surface area (Å²) in [7, 11) is 0. The number of fused-ring (bicyclic) bond motifs is 1. The first-order chi connectivity index (χ1) is 7.43. The Morgan fingerprint density at radius 3 is 2.93 bits per heavy atom. The average Bonchev–Trinajstić information content (AvgIpc) is 2.74. The van der Waals surface area contributed by atoms with Crippen LogP contribution in [0.5, 0.6) is 0 Å². The van der Waals surface area contributed by atoms with Crippen LogP contribution in [0.4, 0.5) is 0 Å². The zero-order valence-electron chi connectivity index (χ0n) is 8.69. The molecule has 2 heterocycles. The van der Waals surface area contributed by atoms with Crippen molar-refractivity contribution in [1.82, 2.24) is 10.3 Å². The molecule has 0 bridgehead atoms. The monoisotopic (exact) mass is 201 g/mol. The summed E-state index contributed by atoms with van der Waals surface area (Å²) in [5.74, 6) is 0.993. The maximum Gasteiger partial charge on any atom is 0.147 e.